The van der Waals surface area contributed by atoms with Crippen molar-refractivity contribution in [3.63, 3.8) is 0 Å². The van der Waals surface area contributed by atoms with Crippen LogP contribution in [0.1, 0.15) is 57.9 Å². The highest BCUT2D eigenvalue weighted by atomic mass is 35.5. The summed E-state index contributed by atoms with van der Waals surface area (Å²) in [4.78, 5) is 25.1. The molecule has 0 unspecified atom stereocenters. The van der Waals surface area contributed by atoms with E-state index in [9.17, 15) is 18.0 Å². The minimum absolute atomic E-state index is 0.0100. The number of carbonyl (C=O) groups excluding carboxylic acids is 2. The smallest absolute Gasteiger partial charge is 0.361 e. The van der Waals surface area contributed by atoms with Crippen molar-refractivity contribution in [1.82, 2.24) is 5.16 Å². The van der Waals surface area contributed by atoms with E-state index >= 15 is 0 Å². The second-order valence-electron chi connectivity index (χ2n) is 6.11. The van der Waals surface area contributed by atoms with Gasteiger partial charge in [-0.25, -0.2) is 13.2 Å². The Morgan fingerprint density at radius 1 is 1.26 bits per heavy atom. The third kappa shape index (κ3) is 3.74. The van der Waals surface area contributed by atoms with Gasteiger partial charge in [-0.15, -0.1) is 0 Å². The van der Waals surface area contributed by atoms with Crippen LogP contribution in [-0.4, -0.2) is 38.2 Å². The van der Waals surface area contributed by atoms with Crippen LogP contribution in [0.15, 0.2) is 21.6 Å². The summed E-state index contributed by atoms with van der Waals surface area (Å²) in [6, 6.07) is 2.46. The molecular weight excluding hydrogens is 417 g/mol. The lowest BCUT2D eigenvalue weighted by molar-refractivity contribution is 0.0512. The first-order valence-corrected chi connectivity index (χ1v) is 10.7. The molecule has 1 heterocycles. The molecule has 1 aliphatic rings. The van der Waals surface area contributed by atoms with E-state index in [1.807, 2.05) is 0 Å². The SMILES string of the molecule is CCOC(=O)c1noc(C2CC2)c1C(=O)c1ccc(S(C)(=O)=O)c(Cl)c1Cl. The number of halogens is 2. The number of hydrogen-bond acceptors (Lipinski definition) is 7. The molecule has 2 aromatic rings. The van der Waals surface area contributed by atoms with Crippen LogP contribution in [0.2, 0.25) is 10.0 Å². The maximum Gasteiger partial charge on any atom is 0.361 e. The van der Waals surface area contributed by atoms with Gasteiger partial charge in [0.2, 0.25) is 11.5 Å². The molecule has 1 aromatic carbocycles. The molecule has 0 N–H and O–H groups in total. The quantitative estimate of drug-likeness (QED) is 0.507. The zero-order valence-corrected chi connectivity index (χ0v) is 16.7. The Morgan fingerprint density at radius 3 is 2.48 bits per heavy atom. The number of hydrogen-bond donors (Lipinski definition) is 0. The average molecular weight is 432 g/mol. The summed E-state index contributed by atoms with van der Waals surface area (Å²) < 4.78 is 33.7. The number of nitrogens with zero attached hydrogens (tertiary/aromatic N) is 1. The molecule has 0 aliphatic heterocycles. The van der Waals surface area contributed by atoms with Crippen LogP contribution < -0.4 is 0 Å². The highest BCUT2D eigenvalue weighted by molar-refractivity contribution is 7.90. The lowest BCUT2D eigenvalue weighted by Crippen LogP contribution is -2.14. The Kier molecular flexibility index (Phi) is 5.33. The highest BCUT2D eigenvalue weighted by Crippen LogP contribution is 2.44. The molecule has 3 rings (SSSR count). The molecule has 1 aromatic heterocycles. The summed E-state index contributed by atoms with van der Waals surface area (Å²) in [6.07, 6.45) is 2.59. The maximum absolute atomic E-state index is 13.1. The molecule has 0 atom stereocenters. The third-order valence-corrected chi connectivity index (χ3v) is 6.19. The number of esters is 1. The average Bonchev–Trinajstić information content (AvgIpc) is 3.34. The lowest BCUT2D eigenvalue weighted by atomic mass is 9.99. The number of benzene rings is 1. The van der Waals surface area contributed by atoms with Gasteiger partial charge in [0.1, 0.15) is 5.56 Å². The molecule has 0 saturated heterocycles. The fourth-order valence-electron chi connectivity index (χ4n) is 2.61. The predicted octanol–water partition coefficient (Wildman–Crippen LogP) is 3.67. The zero-order valence-electron chi connectivity index (χ0n) is 14.4. The topological polar surface area (TPSA) is 104 Å². The summed E-state index contributed by atoms with van der Waals surface area (Å²) in [5.74, 6) is -1.13. The summed E-state index contributed by atoms with van der Waals surface area (Å²) >= 11 is 12.2. The van der Waals surface area contributed by atoms with Gasteiger partial charge in [-0.2, -0.15) is 0 Å². The molecular formula is C17H15Cl2NO6S. The fraction of sp³-hybridized carbons (Fsp3) is 0.353. The normalized spacial score (nSPS) is 14.2. The molecule has 1 fully saturated rings. The first kappa shape index (κ1) is 19.9. The minimum Gasteiger partial charge on any atom is -0.461 e. The Bertz CT molecular complexity index is 1040. The number of ketones is 1. The monoisotopic (exact) mass is 431 g/mol. The number of sulfone groups is 1. The predicted molar refractivity (Wildman–Crippen MR) is 97.4 cm³/mol. The lowest BCUT2D eigenvalue weighted by Gasteiger charge is -2.09. The van der Waals surface area contributed by atoms with E-state index in [-0.39, 0.29) is 44.3 Å². The van der Waals surface area contributed by atoms with Gasteiger partial charge in [0, 0.05) is 17.7 Å². The third-order valence-electron chi connectivity index (χ3n) is 4.05. The van der Waals surface area contributed by atoms with Gasteiger partial charge in [-0.05, 0) is 31.9 Å². The molecule has 10 heteroatoms. The molecule has 1 saturated carbocycles. The molecule has 7 nitrogen and oxygen atoms in total. The standard InChI is InChI=1S/C17H15Cl2NO6S/c1-3-25-17(22)14-11(16(26-20-14)8-4-5-8)15(21)9-6-7-10(27(2,23)24)13(19)12(9)18/h6-8H,3-5H2,1-2H3. The Hall–Kier alpha value is -1.90. The van der Waals surface area contributed by atoms with E-state index < -0.39 is 21.6 Å². The highest BCUT2D eigenvalue weighted by Gasteiger charge is 2.38. The van der Waals surface area contributed by atoms with Crippen LogP contribution in [0.5, 0.6) is 0 Å². The summed E-state index contributed by atoms with van der Waals surface area (Å²) in [6.45, 7) is 1.73. The second kappa shape index (κ2) is 7.26. The fourth-order valence-corrected chi connectivity index (χ4v) is 4.25. The van der Waals surface area contributed by atoms with Crippen molar-refractivity contribution in [2.45, 2.75) is 30.6 Å². The van der Waals surface area contributed by atoms with Gasteiger partial charge in [0.05, 0.1) is 21.5 Å². The van der Waals surface area contributed by atoms with Crippen LogP contribution >= 0.6 is 23.2 Å². The molecule has 0 spiro atoms. The Balaban J connectivity index is 2.13. The van der Waals surface area contributed by atoms with Crippen molar-refractivity contribution in [1.29, 1.82) is 0 Å². The molecule has 1 aliphatic carbocycles. The van der Waals surface area contributed by atoms with Crippen molar-refractivity contribution < 1.29 is 27.3 Å². The van der Waals surface area contributed by atoms with E-state index in [1.54, 1.807) is 6.92 Å². The van der Waals surface area contributed by atoms with E-state index in [4.69, 9.17) is 32.5 Å². The van der Waals surface area contributed by atoms with Crippen molar-refractivity contribution >= 4 is 44.8 Å². The summed E-state index contributed by atoms with van der Waals surface area (Å²) in [7, 11) is -3.63. The summed E-state index contributed by atoms with van der Waals surface area (Å²) in [5.41, 5.74) is -0.311. The van der Waals surface area contributed by atoms with Crippen LogP contribution in [0.3, 0.4) is 0 Å². The maximum atomic E-state index is 13.1. The van der Waals surface area contributed by atoms with E-state index in [1.165, 1.54) is 12.1 Å². The minimum atomic E-state index is -3.63. The first-order valence-electron chi connectivity index (χ1n) is 8.06. The van der Waals surface area contributed by atoms with E-state index in [0.717, 1.165) is 19.1 Å². The van der Waals surface area contributed by atoms with Crippen molar-refractivity contribution in [3.8, 4) is 0 Å². The summed E-state index contributed by atoms with van der Waals surface area (Å²) in [5, 5.41) is 3.23. The largest absolute Gasteiger partial charge is 0.461 e. The molecule has 144 valence electrons. The zero-order chi connectivity index (χ0) is 19.9. The van der Waals surface area contributed by atoms with Crippen molar-refractivity contribution in [2.75, 3.05) is 12.9 Å². The van der Waals surface area contributed by atoms with Gasteiger partial charge in [0.25, 0.3) is 0 Å². The van der Waals surface area contributed by atoms with Gasteiger partial charge < -0.3 is 9.26 Å². The van der Waals surface area contributed by atoms with Crippen LogP contribution in [0.25, 0.3) is 0 Å². The first-order chi connectivity index (χ1) is 12.7. The second-order valence-corrected chi connectivity index (χ2v) is 8.85. The van der Waals surface area contributed by atoms with E-state index in [0.29, 0.717) is 5.76 Å². The Morgan fingerprint density at radius 2 is 1.93 bits per heavy atom. The molecule has 0 bridgehead atoms. The van der Waals surface area contributed by atoms with Gasteiger partial charge in [-0.3, -0.25) is 4.79 Å². The van der Waals surface area contributed by atoms with Crippen molar-refractivity contribution in [3.05, 3.63) is 44.8 Å². The van der Waals surface area contributed by atoms with Gasteiger partial charge >= 0.3 is 5.97 Å². The Labute approximate surface area is 165 Å². The van der Waals surface area contributed by atoms with Crippen LogP contribution in [-0.2, 0) is 14.6 Å². The van der Waals surface area contributed by atoms with E-state index in [2.05, 4.69) is 5.16 Å². The number of ether oxygens (including phenoxy) is 1. The van der Waals surface area contributed by atoms with Crippen LogP contribution in [0.4, 0.5) is 0 Å². The molecule has 0 amide bonds. The molecule has 27 heavy (non-hydrogen) atoms. The number of carbonyl (C=O) groups is 2. The van der Waals surface area contributed by atoms with Gasteiger partial charge in [0.15, 0.2) is 15.6 Å². The number of rotatable bonds is 6. The van der Waals surface area contributed by atoms with Crippen molar-refractivity contribution in [2.24, 2.45) is 0 Å². The van der Waals surface area contributed by atoms with Gasteiger partial charge in [-0.1, -0.05) is 28.4 Å². The number of aromatic nitrogens is 1. The van der Waals surface area contributed by atoms with Crippen LogP contribution in [0, 0.1) is 0 Å². The molecule has 0 radical (unpaired) electrons.